The molecule has 1 amide bonds. The van der Waals surface area contributed by atoms with Gasteiger partial charge < -0.3 is 10.1 Å². The number of fused-ring (bicyclic) bond motifs is 1. The lowest BCUT2D eigenvalue weighted by atomic mass is 10.2. The molecule has 1 N–H and O–H groups in total. The normalized spacial score (nSPS) is 10.7. The van der Waals surface area contributed by atoms with Gasteiger partial charge in [0.05, 0.1) is 18.5 Å². The minimum atomic E-state index is -0.434. The summed E-state index contributed by atoms with van der Waals surface area (Å²) in [6, 6.07) is 9.92. The number of methoxy groups -OCH3 is 1. The molecule has 3 aromatic rings. The van der Waals surface area contributed by atoms with Gasteiger partial charge in [0.1, 0.15) is 22.9 Å². The lowest BCUT2D eigenvalue weighted by Gasteiger charge is -2.10. The first kappa shape index (κ1) is 14.1. The summed E-state index contributed by atoms with van der Waals surface area (Å²) in [6.45, 7) is 1.71. The predicted molar refractivity (Wildman–Crippen MR) is 80.8 cm³/mol. The fourth-order valence-corrected chi connectivity index (χ4v) is 2.34. The molecule has 0 radical (unpaired) electrons. The third kappa shape index (κ3) is 2.39. The second kappa shape index (κ2) is 5.48. The molecule has 5 nitrogen and oxygen atoms in total. The molecule has 22 heavy (non-hydrogen) atoms. The van der Waals surface area contributed by atoms with Crippen molar-refractivity contribution in [3.05, 3.63) is 59.8 Å². The van der Waals surface area contributed by atoms with Gasteiger partial charge in [-0.3, -0.25) is 9.20 Å². The van der Waals surface area contributed by atoms with Crippen molar-refractivity contribution in [3.63, 3.8) is 0 Å². The average Bonchev–Trinajstić information content (AvgIpc) is 2.83. The summed E-state index contributed by atoms with van der Waals surface area (Å²) in [5, 5.41) is 2.77. The van der Waals surface area contributed by atoms with Gasteiger partial charge in [0.2, 0.25) is 0 Å². The summed E-state index contributed by atoms with van der Waals surface area (Å²) < 4.78 is 20.1. The summed E-state index contributed by atoms with van der Waals surface area (Å²) in [4.78, 5) is 16.8. The zero-order valence-corrected chi connectivity index (χ0v) is 12.1. The van der Waals surface area contributed by atoms with Gasteiger partial charge in [0, 0.05) is 6.20 Å². The van der Waals surface area contributed by atoms with Crippen LogP contribution in [0.5, 0.6) is 5.75 Å². The van der Waals surface area contributed by atoms with Crippen LogP contribution in [0.2, 0.25) is 0 Å². The zero-order chi connectivity index (χ0) is 15.7. The van der Waals surface area contributed by atoms with Crippen molar-refractivity contribution in [3.8, 4) is 5.75 Å². The first-order valence-corrected chi connectivity index (χ1v) is 6.68. The number of nitrogens with one attached hydrogen (secondary N) is 1. The van der Waals surface area contributed by atoms with Crippen LogP contribution in [-0.4, -0.2) is 22.4 Å². The summed E-state index contributed by atoms with van der Waals surface area (Å²) in [5.41, 5.74) is 1.88. The van der Waals surface area contributed by atoms with Gasteiger partial charge in [-0.2, -0.15) is 0 Å². The SMILES string of the molecule is COc1ccccc1NC(=O)c1c(C)nc2ccc(F)cn12. The topological polar surface area (TPSA) is 55.6 Å². The van der Waals surface area contributed by atoms with Crippen LogP contribution in [0.1, 0.15) is 16.2 Å². The van der Waals surface area contributed by atoms with Crippen LogP contribution in [0.15, 0.2) is 42.6 Å². The number of hydrogen-bond donors (Lipinski definition) is 1. The second-order valence-electron chi connectivity index (χ2n) is 4.78. The number of carbonyl (C=O) groups is 1. The van der Waals surface area contributed by atoms with E-state index in [9.17, 15) is 9.18 Å². The number of carbonyl (C=O) groups excluding carboxylic acids is 1. The maximum atomic E-state index is 13.4. The van der Waals surface area contributed by atoms with Crippen LogP contribution >= 0.6 is 0 Å². The van der Waals surface area contributed by atoms with Gasteiger partial charge >= 0.3 is 0 Å². The number of aryl methyl sites for hydroxylation is 1. The Morgan fingerprint density at radius 2 is 2.05 bits per heavy atom. The van der Waals surface area contributed by atoms with E-state index in [-0.39, 0.29) is 5.91 Å². The van der Waals surface area contributed by atoms with Crippen molar-refractivity contribution in [1.29, 1.82) is 0 Å². The molecule has 0 unspecified atom stereocenters. The lowest BCUT2D eigenvalue weighted by Crippen LogP contribution is -2.16. The molecular weight excluding hydrogens is 285 g/mol. The molecule has 0 aliphatic heterocycles. The number of imidazole rings is 1. The third-order valence-electron chi connectivity index (χ3n) is 3.33. The minimum absolute atomic E-state index is 0.292. The van der Waals surface area contributed by atoms with Crippen LogP contribution in [0, 0.1) is 12.7 Å². The number of amides is 1. The van der Waals surface area contributed by atoms with E-state index in [2.05, 4.69) is 10.3 Å². The van der Waals surface area contributed by atoms with Crippen molar-refractivity contribution in [2.45, 2.75) is 6.92 Å². The first-order chi connectivity index (χ1) is 10.6. The molecule has 0 aliphatic rings. The summed E-state index contributed by atoms with van der Waals surface area (Å²) in [7, 11) is 1.53. The first-order valence-electron chi connectivity index (χ1n) is 6.68. The summed E-state index contributed by atoms with van der Waals surface area (Å²) >= 11 is 0. The number of aromatic nitrogens is 2. The van der Waals surface area contributed by atoms with Crippen LogP contribution in [0.25, 0.3) is 5.65 Å². The van der Waals surface area contributed by atoms with Gasteiger partial charge in [-0.15, -0.1) is 0 Å². The average molecular weight is 299 g/mol. The third-order valence-corrected chi connectivity index (χ3v) is 3.33. The number of hydrogen-bond acceptors (Lipinski definition) is 3. The Balaban J connectivity index is 2.02. The molecule has 1 aromatic carbocycles. The van der Waals surface area contributed by atoms with Gasteiger partial charge in [-0.05, 0) is 31.2 Å². The molecule has 3 rings (SSSR count). The van der Waals surface area contributed by atoms with Crippen LogP contribution in [-0.2, 0) is 0 Å². The Kier molecular flexibility index (Phi) is 3.50. The minimum Gasteiger partial charge on any atom is -0.495 e. The van der Waals surface area contributed by atoms with E-state index in [1.54, 1.807) is 25.1 Å². The van der Waals surface area contributed by atoms with Crippen molar-refractivity contribution >= 4 is 17.2 Å². The van der Waals surface area contributed by atoms with Crippen molar-refractivity contribution in [2.75, 3.05) is 12.4 Å². The number of benzene rings is 1. The molecule has 2 heterocycles. The smallest absolute Gasteiger partial charge is 0.274 e. The monoisotopic (exact) mass is 299 g/mol. The van der Waals surface area contributed by atoms with Crippen LogP contribution in [0.4, 0.5) is 10.1 Å². The molecule has 0 atom stereocenters. The maximum absolute atomic E-state index is 13.4. The Morgan fingerprint density at radius 3 is 2.82 bits per heavy atom. The summed E-state index contributed by atoms with van der Waals surface area (Å²) in [5.74, 6) is -0.259. The van der Waals surface area contributed by atoms with E-state index in [1.807, 2.05) is 6.07 Å². The predicted octanol–water partition coefficient (Wildman–Crippen LogP) is 3.04. The molecule has 0 aliphatic carbocycles. The van der Waals surface area contributed by atoms with E-state index in [0.29, 0.717) is 28.5 Å². The van der Waals surface area contributed by atoms with Crippen LogP contribution in [0.3, 0.4) is 0 Å². The molecular formula is C16H14FN3O2. The number of anilines is 1. The van der Waals surface area contributed by atoms with E-state index >= 15 is 0 Å². The molecule has 6 heteroatoms. The molecule has 112 valence electrons. The van der Waals surface area contributed by atoms with Gasteiger partial charge in [-0.1, -0.05) is 12.1 Å². The number of ether oxygens (including phenoxy) is 1. The standard InChI is InChI=1S/C16H14FN3O2/c1-10-15(20-9-11(17)7-8-14(20)18-10)16(21)19-12-5-3-4-6-13(12)22-2/h3-9H,1-2H3,(H,19,21). The molecule has 0 saturated heterocycles. The largest absolute Gasteiger partial charge is 0.495 e. The quantitative estimate of drug-likeness (QED) is 0.808. The van der Waals surface area contributed by atoms with E-state index in [4.69, 9.17) is 4.74 Å². The molecule has 2 aromatic heterocycles. The number of nitrogens with zero attached hydrogens (tertiary/aromatic N) is 2. The van der Waals surface area contributed by atoms with Gasteiger partial charge in [0.15, 0.2) is 0 Å². The van der Waals surface area contributed by atoms with Crippen LogP contribution < -0.4 is 10.1 Å². The van der Waals surface area contributed by atoms with Gasteiger partial charge in [-0.25, -0.2) is 9.37 Å². The summed E-state index contributed by atoms with van der Waals surface area (Å²) in [6.07, 6.45) is 1.24. The highest BCUT2D eigenvalue weighted by molar-refractivity contribution is 6.05. The van der Waals surface area contributed by atoms with Crippen molar-refractivity contribution in [1.82, 2.24) is 9.38 Å². The molecule has 0 fully saturated rings. The maximum Gasteiger partial charge on any atom is 0.274 e. The number of rotatable bonds is 3. The van der Waals surface area contributed by atoms with Gasteiger partial charge in [0.25, 0.3) is 5.91 Å². The van der Waals surface area contributed by atoms with E-state index in [0.717, 1.165) is 0 Å². The Morgan fingerprint density at radius 1 is 1.27 bits per heavy atom. The molecule has 0 spiro atoms. The lowest BCUT2D eigenvalue weighted by molar-refractivity contribution is 0.102. The Hall–Kier alpha value is -2.89. The van der Waals surface area contributed by atoms with E-state index in [1.165, 1.54) is 29.8 Å². The Labute approximate surface area is 126 Å². The Bertz CT molecular complexity index is 858. The molecule has 0 bridgehead atoms. The number of para-hydroxylation sites is 2. The fraction of sp³-hybridized carbons (Fsp3) is 0.125. The van der Waals surface area contributed by atoms with Crippen molar-refractivity contribution in [2.24, 2.45) is 0 Å². The highest BCUT2D eigenvalue weighted by Gasteiger charge is 2.18. The number of halogens is 1. The molecule has 0 saturated carbocycles. The fourth-order valence-electron chi connectivity index (χ4n) is 2.34. The number of pyridine rings is 1. The van der Waals surface area contributed by atoms with E-state index < -0.39 is 5.82 Å². The highest BCUT2D eigenvalue weighted by atomic mass is 19.1. The zero-order valence-electron chi connectivity index (χ0n) is 12.1. The van der Waals surface area contributed by atoms with Crippen molar-refractivity contribution < 1.29 is 13.9 Å². The highest BCUT2D eigenvalue weighted by Crippen LogP contribution is 2.24. The second-order valence-corrected chi connectivity index (χ2v) is 4.78.